The number of nitrogens with one attached hydrogen (secondary N) is 1. The van der Waals surface area contributed by atoms with Crippen molar-refractivity contribution < 1.29 is 13.5 Å². The summed E-state index contributed by atoms with van der Waals surface area (Å²) < 4.78 is 22.5. The van der Waals surface area contributed by atoms with Crippen LogP contribution in [0.5, 0.6) is 0 Å². The first-order valence-electron chi connectivity index (χ1n) is 5.07. The molecule has 6 heteroatoms. The predicted molar refractivity (Wildman–Crippen MR) is 59.5 cm³/mol. The van der Waals surface area contributed by atoms with Crippen molar-refractivity contribution in [3.63, 3.8) is 0 Å². The highest BCUT2D eigenvalue weighted by molar-refractivity contribution is 7.91. The molecule has 0 unspecified atom stereocenters. The van der Waals surface area contributed by atoms with Crippen LogP contribution >= 0.6 is 0 Å². The molecule has 1 aliphatic heterocycles. The van der Waals surface area contributed by atoms with Crippen LogP contribution in [0.4, 0.5) is 0 Å². The lowest BCUT2D eigenvalue weighted by atomic mass is 10.2. The minimum Gasteiger partial charge on any atom is -0.390 e. The Hall–Kier alpha value is -0.980. The average Bonchev–Trinajstić information content (AvgIpc) is 2.50. The SMILES string of the molecule is O=S1(=O)C[C@@H](O)[C@@H](NCc2cccnc2)C1. The molecule has 16 heavy (non-hydrogen) atoms. The van der Waals surface area contributed by atoms with Gasteiger partial charge in [-0.25, -0.2) is 8.42 Å². The highest BCUT2D eigenvalue weighted by Gasteiger charge is 2.35. The molecule has 88 valence electrons. The van der Waals surface area contributed by atoms with Gasteiger partial charge in [-0.3, -0.25) is 4.98 Å². The summed E-state index contributed by atoms with van der Waals surface area (Å²) in [5.41, 5.74) is 0.971. The Morgan fingerprint density at radius 2 is 2.31 bits per heavy atom. The molecule has 0 bridgehead atoms. The second-order valence-electron chi connectivity index (χ2n) is 3.99. The first-order chi connectivity index (χ1) is 7.57. The van der Waals surface area contributed by atoms with Crippen molar-refractivity contribution in [1.29, 1.82) is 0 Å². The second kappa shape index (κ2) is 4.48. The molecule has 1 aromatic rings. The van der Waals surface area contributed by atoms with Crippen molar-refractivity contribution in [3.05, 3.63) is 30.1 Å². The molecule has 0 amide bonds. The number of rotatable bonds is 3. The maximum atomic E-state index is 11.3. The van der Waals surface area contributed by atoms with Crippen LogP contribution in [-0.2, 0) is 16.4 Å². The molecule has 2 atom stereocenters. The Labute approximate surface area is 94.4 Å². The number of nitrogens with zero attached hydrogens (tertiary/aromatic N) is 1. The quantitative estimate of drug-likeness (QED) is 0.735. The first-order valence-corrected chi connectivity index (χ1v) is 6.90. The van der Waals surface area contributed by atoms with Gasteiger partial charge in [0.2, 0.25) is 0 Å². The molecule has 0 aliphatic carbocycles. The van der Waals surface area contributed by atoms with E-state index >= 15 is 0 Å². The van der Waals surface area contributed by atoms with Gasteiger partial charge in [0.1, 0.15) is 0 Å². The van der Waals surface area contributed by atoms with Crippen molar-refractivity contribution in [1.82, 2.24) is 10.3 Å². The third-order valence-electron chi connectivity index (χ3n) is 2.61. The van der Waals surface area contributed by atoms with Crippen LogP contribution in [0.15, 0.2) is 24.5 Å². The van der Waals surface area contributed by atoms with Crippen molar-refractivity contribution >= 4 is 9.84 Å². The number of aliphatic hydroxyl groups is 1. The maximum Gasteiger partial charge on any atom is 0.154 e. The minimum atomic E-state index is -3.08. The normalized spacial score (nSPS) is 28.1. The molecule has 0 radical (unpaired) electrons. The summed E-state index contributed by atoms with van der Waals surface area (Å²) in [7, 11) is -3.08. The molecule has 0 aromatic carbocycles. The van der Waals surface area contributed by atoms with E-state index in [2.05, 4.69) is 10.3 Å². The van der Waals surface area contributed by atoms with Gasteiger partial charge in [0.05, 0.1) is 17.6 Å². The molecule has 1 saturated heterocycles. The summed E-state index contributed by atoms with van der Waals surface area (Å²) in [6, 6.07) is 3.35. The first kappa shape index (κ1) is 11.5. The predicted octanol–water partition coefficient (Wildman–Crippen LogP) is -0.671. The Balaban J connectivity index is 1.92. The lowest BCUT2D eigenvalue weighted by Gasteiger charge is -2.14. The van der Waals surface area contributed by atoms with Crippen LogP contribution in [0, 0.1) is 0 Å². The van der Waals surface area contributed by atoms with Crippen LogP contribution < -0.4 is 5.32 Å². The van der Waals surface area contributed by atoms with E-state index in [4.69, 9.17) is 0 Å². The summed E-state index contributed by atoms with van der Waals surface area (Å²) in [5, 5.41) is 12.6. The maximum absolute atomic E-state index is 11.3. The summed E-state index contributed by atoms with van der Waals surface area (Å²) >= 11 is 0. The van der Waals surface area contributed by atoms with Crippen molar-refractivity contribution in [2.45, 2.75) is 18.7 Å². The number of aromatic nitrogens is 1. The Morgan fingerprint density at radius 3 is 2.88 bits per heavy atom. The molecule has 0 saturated carbocycles. The fraction of sp³-hybridized carbons (Fsp3) is 0.500. The van der Waals surface area contributed by atoms with E-state index in [-0.39, 0.29) is 17.5 Å². The summed E-state index contributed by atoms with van der Waals surface area (Å²) in [5.74, 6) is -0.133. The molecule has 2 rings (SSSR count). The molecule has 1 aliphatic rings. The lowest BCUT2D eigenvalue weighted by molar-refractivity contribution is 0.165. The number of hydrogen-bond acceptors (Lipinski definition) is 5. The van der Waals surface area contributed by atoms with Gasteiger partial charge in [-0.05, 0) is 11.6 Å². The van der Waals surface area contributed by atoms with E-state index < -0.39 is 15.9 Å². The van der Waals surface area contributed by atoms with Crippen molar-refractivity contribution in [2.75, 3.05) is 11.5 Å². The van der Waals surface area contributed by atoms with Crippen LogP contribution in [0.1, 0.15) is 5.56 Å². The third-order valence-corrected chi connectivity index (χ3v) is 4.33. The van der Waals surface area contributed by atoms with Gasteiger partial charge in [0, 0.05) is 25.0 Å². The highest BCUT2D eigenvalue weighted by Crippen LogP contribution is 2.12. The smallest absolute Gasteiger partial charge is 0.154 e. The molecule has 1 fully saturated rings. The summed E-state index contributed by atoms with van der Waals surface area (Å²) in [6.07, 6.45) is 2.59. The highest BCUT2D eigenvalue weighted by atomic mass is 32.2. The summed E-state index contributed by atoms with van der Waals surface area (Å²) in [6.45, 7) is 0.519. The zero-order valence-corrected chi connectivity index (χ0v) is 9.52. The second-order valence-corrected chi connectivity index (χ2v) is 6.15. The van der Waals surface area contributed by atoms with E-state index in [1.54, 1.807) is 12.4 Å². The fourth-order valence-corrected chi connectivity index (χ4v) is 3.55. The van der Waals surface area contributed by atoms with E-state index in [0.29, 0.717) is 6.54 Å². The monoisotopic (exact) mass is 242 g/mol. The summed E-state index contributed by atoms with van der Waals surface area (Å²) in [4.78, 5) is 3.96. The van der Waals surface area contributed by atoms with Gasteiger partial charge in [-0.15, -0.1) is 0 Å². The fourth-order valence-electron chi connectivity index (χ4n) is 1.78. The standard InChI is InChI=1S/C10H14N2O3S/c13-10-7-16(14,15)6-9(10)12-5-8-2-1-3-11-4-8/h1-4,9-10,12-13H,5-7H2/t9-,10+/m0/s1. The van der Waals surface area contributed by atoms with E-state index in [1.165, 1.54) is 0 Å². The van der Waals surface area contributed by atoms with Crippen molar-refractivity contribution in [3.8, 4) is 0 Å². The Morgan fingerprint density at radius 1 is 1.50 bits per heavy atom. The van der Waals surface area contributed by atoms with Gasteiger partial charge in [0.25, 0.3) is 0 Å². The van der Waals surface area contributed by atoms with Crippen LogP contribution in [0.25, 0.3) is 0 Å². The van der Waals surface area contributed by atoms with E-state index in [9.17, 15) is 13.5 Å². The van der Waals surface area contributed by atoms with Gasteiger partial charge >= 0.3 is 0 Å². The molecular weight excluding hydrogens is 228 g/mol. The van der Waals surface area contributed by atoms with Crippen LogP contribution in [0.2, 0.25) is 0 Å². The topological polar surface area (TPSA) is 79.3 Å². The number of hydrogen-bond donors (Lipinski definition) is 2. The largest absolute Gasteiger partial charge is 0.390 e. The van der Waals surface area contributed by atoms with Crippen LogP contribution in [0.3, 0.4) is 0 Å². The zero-order chi connectivity index (χ0) is 11.6. The van der Waals surface area contributed by atoms with E-state index in [0.717, 1.165) is 5.56 Å². The van der Waals surface area contributed by atoms with Gasteiger partial charge < -0.3 is 10.4 Å². The Bertz CT molecular complexity index is 446. The number of sulfone groups is 1. The lowest BCUT2D eigenvalue weighted by Crippen LogP contribution is -2.38. The molecule has 2 N–H and O–H groups in total. The van der Waals surface area contributed by atoms with Crippen molar-refractivity contribution in [2.24, 2.45) is 0 Å². The molecule has 0 spiro atoms. The third kappa shape index (κ3) is 2.78. The van der Waals surface area contributed by atoms with Gasteiger partial charge in [-0.2, -0.15) is 0 Å². The zero-order valence-electron chi connectivity index (χ0n) is 8.70. The average molecular weight is 242 g/mol. The Kier molecular flexibility index (Phi) is 3.22. The molecule has 1 aromatic heterocycles. The number of pyridine rings is 1. The molecule has 5 nitrogen and oxygen atoms in total. The van der Waals surface area contributed by atoms with Crippen LogP contribution in [-0.4, -0.2) is 42.2 Å². The minimum absolute atomic E-state index is 0.00836. The van der Waals surface area contributed by atoms with E-state index in [1.807, 2.05) is 12.1 Å². The molecule has 2 heterocycles. The van der Waals surface area contributed by atoms with Gasteiger partial charge in [0.15, 0.2) is 9.84 Å². The van der Waals surface area contributed by atoms with Gasteiger partial charge in [-0.1, -0.05) is 6.07 Å². The molecular formula is C10H14N2O3S. The number of aliphatic hydroxyl groups excluding tert-OH is 1.